The highest BCUT2D eigenvalue weighted by atomic mass is 16.5. The maximum Gasteiger partial charge on any atom is 0.228 e. The molecule has 1 aromatic carbocycles. The van der Waals surface area contributed by atoms with Crippen molar-refractivity contribution < 1.29 is 6.16 Å². The first-order valence-corrected chi connectivity index (χ1v) is 12.8. The predicted molar refractivity (Wildman–Crippen MR) is 152 cm³/mol. The van der Waals surface area contributed by atoms with Gasteiger partial charge in [0.25, 0.3) is 0 Å². The molecule has 3 heterocycles. The second-order valence-electron chi connectivity index (χ2n) is 9.18. The van der Waals surface area contributed by atoms with Gasteiger partial charge in [0.2, 0.25) is 5.95 Å². The van der Waals surface area contributed by atoms with E-state index in [1.165, 1.54) is 0 Å². The second-order valence-corrected chi connectivity index (χ2v) is 9.18. The van der Waals surface area contributed by atoms with E-state index in [1.54, 1.807) is 13.3 Å². The molecule has 0 fully saturated rings. The summed E-state index contributed by atoms with van der Waals surface area (Å²) in [4.78, 5) is 13.9. The van der Waals surface area contributed by atoms with E-state index < -0.39 is 0 Å². The Morgan fingerprint density at radius 3 is 2.82 bits per heavy atom. The number of hydrogen-bond acceptors (Lipinski definition) is 8. The predicted octanol–water partition coefficient (Wildman–Crippen LogP) is 4.26. The molecule has 3 N–H and O–H groups in total. The minimum absolute atomic E-state index is 0. The Morgan fingerprint density at radius 1 is 1.21 bits per heavy atom. The fraction of sp³-hybridized carbons (Fsp3) is 0.321. The first-order valence-electron chi connectivity index (χ1n) is 12.8. The molecule has 0 bridgehead atoms. The molecule has 198 valence electrons. The number of hydrogen-bond donors (Lipinski definition) is 2. The molecule has 0 spiro atoms. The van der Waals surface area contributed by atoms with Crippen LogP contribution < -0.4 is 11.1 Å². The van der Waals surface area contributed by atoms with Crippen LogP contribution in [0.3, 0.4) is 0 Å². The van der Waals surface area contributed by atoms with Crippen molar-refractivity contribution in [2.45, 2.75) is 32.7 Å². The number of methoxy groups -OCH3 is 1. The van der Waals surface area contributed by atoms with Gasteiger partial charge in [-0.15, -0.1) is 0 Å². The largest absolute Gasteiger partial charge is 0.404 e. The van der Waals surface area contributed by atoms with E-state index in [-0.39, 0.29) is 1.43 Å². The lowest BCUT2D eigenvalue weighted by Crippen LogP contribution is -2.09. The second kappa shape index (κ2) is 11.4. The zero-order valence-electron chi connectivity index (χ0n) is 22.1. The van der Waals surface area contributed by atoms with Crippen molar-refractivity contribution in [2.24, 2.45) is 17.8 Å². The van der Waals surface area contributed by atoms with Gasteiger partial charge in [-0.3, -0.25) is 14.4 Å². The Kier molecular flexibility index (Phi) is 7.60. The summed E-state index contributed by atoms with van der Waals surface area (Å²) in [5.74, 6) is 1.19. The Morgan fingerprint density at radius 2 is 2.05 bits per heavy atom. The van der Waals surface area contributed by atoms with E-state index in [0.717, 1.165) is 70.7 Å². The number of anilines is 2. The van der Waals surface area contributed by atoms with Crippen LogP contribution in [0.2, 0.25) is 0 Å². The van der Waals surface area contributed by atoms with Gasteiger partial charge in [-0.1, -0.05) is 31.2 Å². The van der Waals surface area contributed by atoms with Crippen molar-refractivity contribution in [3.8, 4) is 22.5 Å². The van der Waals surface area contributed by atoms with E-state index in [4.69, 9.17) is 20.6 Å². The van der Waals surface area contributed by atoms with Crippen molar-refractivity contribution >= 4 is 23.6 Å². The lowest BCUT2D eigenvalue weighted by molar-refractivity contribution is 0.183. The zero-order chi connectivity index (χ0) is 26.5. The molecule has 1 aliphatic carbocycles. The molecular formula is C28H35N9O. The number of rotatable bonds is 10. The summed E-state index contributed by atoms with van der Waals surface area (Å²) in [6.07, 6.45) is 9.95. The fourth-order valence-corrected chi connectivity index (χ4v) is 4.63. The van der Waals surface area contributed by atoms with Crippen LogP contribution >= 0.6 is 0 Å². The summed E-state index contributed by atoms with van der Waals surface area (Å²) < 4.78 is 8.91. The van der Waals surface area contributed by atoms with Crippen molar-refractivity contribution in [3.63, 3.8) is 0 Å². The standard InChI is InChI=1S/C28H33N9O.H2/c1-4-12-30-17-22(16-29)19-5-7-20(8-6-19)27-25-23(34-36(27)2)10-9-21-18-31-28(33-26(21)25)32-24-11-13-37(35-24)14-15-38-3;/h5-8,11,13,16-18H,4,9-10,12,14-15,29H2,1-3H3,(H,31,32,33,35);1H/b22-16+,30-17?;. The van der Waals surface area contributed by atoms with Crippen LogP contribution in [-0.4, -0.2) is 56.0 Å². The first-order chi connectivity index (χ1) is 18.6. The topological polar surface area (TPSA) is 121 Å². The molecule has 38 heavy (non-hydrogen) atoms. The van der Waals surface area contributed by atoms with Gasteiger partial charge < -0.3 is 15.8 Å². The molecule has 0 saturated carbocycles. The minimum Gasteiger partial charge on any atom is -0.404 e. The third kappa shape index (κ3) is 5.21. The molecule has 3 aromatic heterocycles. The highest BCUT2D eigenvalue weighted by Crippen LogP contribution is 2.39. The Labute approximate surface area is 223 Å². The minimum atomic E-state index is 0. The highest BCUT2D eigenvalue weighted by Gasteiger charge is 2.27. The van der Waals surface area contributed by atoms with Crippen LogP contribution in [0.25, 0.3) is 28.1 Å². The maximum absolute atomic E-state index is 5.88. The van der Waals surface area contributed by atoms with Gasteiger partial charge in [0, 0.05) is 69.7 Å². The van der Waals surface area contributed by atoms with Crippen molar-refractivity contribution in [1.29, 1.82) is 0 Å². The van der Waals surface area contributed by atoms with Crippen LogP contribution in [-0.2, 0) is 31.2 Å². The van der Waals surface area contributed by atoms with E-state index >= 15 is 0 Å². The molecular weight excluding hydrogens is 478 g/mol. The third-order valence-electron chi connectivity index (χ3n) is 6.51. The quantitative estimate of drug-likeness (QED) is 0.304. The molecule has 5 rings (SSSR count). The monoisotopic (exact) mass is 513 g/mol. The summed E-state index contributed by atoms with van der Waals surface area (Å²) in [5.41, 5.74) is 14.0. The van der Waals surface area contributed by atoms with E-state index in [2.05, 4.69) is 51.6 Å². The van der Waals surface area contributed by atoms with Gasteiger partial charge in [0.05, 0.1) is 30.2 Å². The van der Waals surface area contributed by atoms with Gasteiger partial charge in [-0.2, -0.15) is 10.2 Å². The lowest BCUT2D eigenvalue weighted by atomic mass is 9.91. The van der Waals surface area contributed by atoms with Crippen molar-refractivity contribution in [2.75, 3.05) is 25.6 Å². The SMILES string of the molecule is CCCN=C/C(=C\N)c1ccc(-c2c3c(nn2C)CCc2cnc(Nc4ccn(CCOC)n4)nc2-3)cc1.[HH]. The molecule has 0 unspecified atom stereocenters. The van der Waals surface area contributed by atoms with Crippen molar-refractivity contribution in [3.05, 3.63) is 65.7 Å². The number of nitrogens with two attached hydrogens (primary N) is 1. The fourth-order valence-electron chi connectivity index (χ4n) is 4.63. The summed E-state index contributed by atoms with van der Waals surface area (Å²) in [6, 6.07) is 10.2. The smallest absolute Gasteiger partial charge is 0.228 e. The van der Waals surface area contributed by atoms with Crippen molar-refractivity contribution in [1.82, 2.24) is 29.5 Å². The van der Waals surface area contributed by atoms with Crippen LogP contribution in [0.4, 0.5) is 11.8 Å². The molecule has 4 aromatic rings. The third-order valence-corrected chi connectivity index (χ3v) is 6.51. The highest BCUT2D eigenvalue weighted by molar-refractivity contribution is 6.09. The average Bonchev–Trinajstić information content (AvgIpc) is 3.53. The summed E-state index contributed by atoms with van der Waals surface area (Å²) in [5, 5.41) is 12.6. The number of nitrogens with one attached hydrogen (secondary N) is 1. The number of aromatic nitrogens is 6. The number of nitrogens with zero attached hydrogens (tertiary/aromatic N) is 7. The Bertz CT molecular complexity index is 1470. The molecule has 0 saturated heterocycles. The maximum atomic E-state index is 5.88. The van der Waals surface area contributed by atoms with Gasteiger partial charge in [-0.05, 0) is 30.4 Å². The van der Waals surface area contributed by atoms with E-state index in [0.29, 0.717) is 24.9 Å². The molecule has 10 nitrogen and oxygen atoms in total. The number of benzene rings is 1. The van der Waals surface area contributed by atoms with Crippen LogP contribution in [0.5, 0.6) is 0 Å². The average molecular weight is 514 g/mol. The van der Waals surface area contributed by atoms with Gasteiger partial charge in [0.1, 0.15) is 0 Å². The summed E-state index contributed by atoms with van der Waals surface area (Å²) in [6.45, 7) is 4.16. The normalized spacial score (nSPS) is 13.1. The number of fused-ring (bicyclic) bond motifs is 3. The van der Waals surface area contributed by atoms with Crippen LogP contribution in [0, 0.1) is 0 Å². The molecule has 0 radical (unpaired) electrons. The van der Waals surface area contributed by atoms with Crippen LogP contribution in [0.15, 0.2) is 53.9 Å². The number of aliphatic imine (C=N–C) groups is 1. The Hall–Kier alpha value is -4.31. The van der Waals surface area contributed by atoms with Gasteiger partial charge in [0.15, 0.2) is 5.82 Å². The molecule has 10 heteroatoms. The first kappa shape index (κ1) is 25.3. The number of aryl methyl sites for hydroxylation is 3. The molecule has 0 aliphatic heterocycles. The zero-order valence-corrected chi connectivity index (χ0v) is 22.1. The van der Waals surface area contributed by atoms with Gasteiger partial charge in [-0.25, -0.2) is 9.97 Å². The summed E-state index contributed by atoms with van der Waals surface area (Å²) >= 11 is 0. The Balaban J connectivity index is 0.00000353. The number of ether oxygens (including phenoxy) is 1. The van der Waals surface area contributed by atoms with Crippen LogP contribution in [0.1, 0.15) is 31.6 Å². The number of allylic oxidation sites excluding steroid dienone is 1. The molecule has 0 atom stereocenters. The van der Waals surface area contributed by atoms with Gasteiger partial charge >= 0.3 is 0 Å². The van der Waals surface area contributed by atoms with E-state index in [1.807, 2.05) is 41.1 Å². The lowest BCUT2D eigenvalue weighted by Gasteiger charge is -2.17. The molecule has 1 aliphatic rings. The summed E-state index contributed by atoms with van der Waals surface area (Å²) in [7, 11) is 3.66. The van der Waals surface area contributed by atoms with E-state index in [9.17, 15) is 0 Å². The molecule has 0 amide bonds.